The molecule has 0 radical (unpaired) electrons. The third kappa shape index (κ3) is 11.9. The van der Waals surface area contributed by atoms with E-state index >= 15 is 0 Å². The van der Waals surface area contributed by atoms with E-state index < -0.39 is 10.4 Å². The zero-order valence-electron chi connectivity index (χ0n) is 16.7. The first-order valence-corrected chi connectivity index (χ1v) is 11.4. The van der Waals surface area contributed by atoms with Gasteiger partial charge in [0.2, 0.25) is 0 Å². The number of unbranched alkanes of at least 4 members (excludes halogenated alkanes) is 5. The molecule has 1 saturated heterocycles. The number of aromatic hydroxyl groups is 1. The molecule has 0 atom stereocenters. The normalized spacial score (nSPS) is 16.3. The summed E-state index contributed by atoms with van der Waals surface area (Å²) in [5.74, 6) is -0.159. The van der Waals surface area contributed by atoms with Crippen molar-refractivity contribution in [1.29, 1.82) is 0 Å². The van der Waals surface area contributed by atoms with Crippen LogP contribution in [0.4, 0.5) is 0 Å². The molecule has 0 unspecified atom stereocenters. The lowest BCUT2D eigenvalue weighted by Gasteiger charge is -2.37. The SMILES string of the molecule is CCCCCCCC[N+]1(C)CCCCC1.O=S(=O)([O-])Oc1ccc(O)cc1. The Morgan fingerprint density at radius 3 is 2.11 bits per heavy atom. The van der Waals surface area contributed by atoms with Gasteiger partial charge in [0.15, 0.2) is 0 Å². The van der Waals surface area contributed by atoms with Crippen LogP contribution in [0.3, 0.4) is 0 Å². The molecule has 1 aliphatic heterocycles. The Hall–Kier alpha value is -1.31. The molecule has 1 aliphatic rings. The molecule has 1 fully saturated rings. The topological polar surface area (TPSA) is 86.7 Å². The smallest absolute Gasteiger partial charge is 0.262 e. The number of phenols is 1. The molecule has 156 valence electrons. The summed E-state index contributed by atoms with van der Waals surface area (Å²) < 4.78 is 35.5. The van der Waals surface area contributed by atoms with E-state index in [1.165, 1.54) is 106 Å². The maximum absolute atomic E-state index is 10.0. The molecule has 27 heavy (non-hydrogen) atoms. The number of phenolic OH excluding ortho intramolecular Hbond substituents is 1. The second kappa shape index (κ2) is 12.2. The summed E-state index contributed by atoms with van der Waals surface area (Å²) in [5.41, 5.74) is 0. The first kappa shape index (κ1) is 23.7. The van der Waals surface area contributed by atoms with Crippen LogP contribution >= 0.6 is 0 Å². The molecule has 0 amide bonds. The zero-order valence-corrected chi connectivity index (χ0v) is 17.5. The lowest BCUT2D eigenvalue weighted by Crippen LogP contribution is -2.48. The van der Waals surface area contributed by atoms with Crippen molar-refractivity contribution in [2.24, 2.45) is 0 Å². The summed E-state index contributed by atoms with van der Waals surface area (Å²) in [5, 5.41) is 8.77. The Kier molecular flexibility index (Phi) is 10.7. The fraction of sp³-hybridized carbons (Fsp3) is 0.700. The van der Waals surface area contributed by atoms with Crippen molar-refractivity contribution in [3.8, 4) is 11.5 Å². The van der Waals surface area contributed by atoms with Gasteiger partial charge in [-0.2, -0.15) is 0 Å². The van der Waals surface area contributed by atoms with E-state index in [0.717, 1.165) is 0 Å². The van der Waals surface area contributed by atoms with Crippen LogP contribution in [0.2, 0.25) is 0 Å². The number of hydrogen-bond donors (Lipinski definition) is 1. The highest BCUT2D eigenvalue weighted by Crippen LogP contribution is 2.18. The van der Waals surface area contributed by atoms with Crippen LogP contribution in [-0.4, -0.2) is 49.2 Å². The van der Waals surface area contributed by atoms with Crippen LogP contribution in [0.25, 0.3) is 0 Å². The number of hydrogen-bond acceptors (Lipinski definition) is 5. The van der Waals surface area contributed by atoms with Crippen molar-refractivity contribution in [3.05, 3.63) is 24.3 Å². The summed E-state index contributed by atoms with van der Waals surface area (Å²) in [4.78, 5) is 0. The van der Waals surface area contributed by atoms with Gasteiger partial charge in [0.05, 0.1) is 26.7 Å². The first-order chi connectivity index (χ1) is 12.7. The molecule has 1 aromatic rings. The summed E-state index contributed by atoms with van der Waals surface area (Å²) >= 11 is 0. The maximum Gasteiger partial charge on any atom is 0.262 e. The fourth-order valence-corrected chi connectivity index (χ4v) is 3.74. The molecule has 6 nitrogen and oxygen atoms in total. The number of quaternary nitrogens is 1. The third-order valence-electron chi connectivity index (χ3n) is 4.98. The average molecular weight is 402 g/mol. The van der Waals surface area contributed by atoms with Crippen molar-refractivity contribution in [2.45, 2.75) is 64.7 Å². The van der Waals surface area contributed by atoms with E-state index in [2.05, 4.69) is 18.2 Å². The van der Waals surface area contributed by atoms with Crippen molar-refractivity contribution in [2.75, 3.05) is 26.7 Å². The van der Waals surface area contributed by atoms with Gasteiger partial charge in [0.25, 0.3) is 10.4 Å². The zero-order chi connectivity index (χ0) is 20.2. The third-order valence-corrected chi connectivity index (χ3v) is 5.38. The predicted octanol–water partition coefficient (Wildman–Crippen LogP) is 4.21. The Labute approximate surface area is 164 Å². The molecule has 0 spiro atoms. The van der Waals surface area contributed by atoms with Gasteiger partial charge in [-0.3, -0.25) is 0 Å². The largest absolute Gasteiger partial charge is 0.716 e. The minimum absolute atomic E-state index is 0.0364. The van der Waals surface area contributed by atoms with Crippen LogP contribution in [0.1, 0.15) is 64.7 Å². The van der Waals surface area contributed by atoms with E-state index in [0.29, 0.717) is 0 Å². The highest BCUT2D eigenvalue weighted by Gasteiger charge is 2.23. The number of rotatable bonds is 9. The molecular weight excluding hydrogens is 366 g/mol. The highest BCUT2D eigenvalue weighted by molar-refractivity contribution is 7.81. The van der Waals surface area contributed by atoms with Gasteiger partial charge in [-0.15, -0.1) is 0 Å². The van der Waals surface area contributed by atoms with Gasteiger partial charge in [0.1, 0.15) is 11.5 Å². The lowest BCUT2D eigenvalue weighted by atomic mass is 10.1. The van der Waals surface area contributed by atoms with E-state index in [1.54, 1.807) is 0 Å². The van der Waals surface area contributed by atoms with E-state index in [4.69, 9.17) is 5.11 Å². The monoisotopic (exact) mass is 401 g/mol. The molecule has 2 rings (SSSR count). The molecule has 0 aromatic heterocycles. The van der Waals surface area contributed by atoms with Crippen LogP contribution in [-0.2, 0) is 10.4 Å². The Morgan fingerprint density at radius 2 is 1.56 bits per heavy atom. The first-order valence-electron chi connectivity index (χ1n) is 10.0. The Bertz CT molecular complexity index is 610. The van der Waals surface area contributed by atoms with Crippen molar-refractivity contribution in [3.63, 3.8) is 0 Å². The van der Waals surface area contributed by atoms with Crippen molar-refractivity contribution >= 4 is 10.4 Å². The van der Waals surface area contributed by atoms with Gasteiger partial charge in [-0.05, 0) is 56.4 Å². The van der Waals surface area contributed by atoms with Crippen LogP contribution < -0.4 is 4.18 Å². The van der Waals surface area contributed by atoms with Crippen LogP contribution in [0.15, 0.2) is 24.3 Å². The summed E-state index contributed by atoms with van der Waals surface area (Å²) in [6.07, 6.45) is 13.1. The minimum Gasteiger partial charge on any atom is -0.716 e. The Balaban J connectivity index is 0.000000277. The standard InChI is InChI=1S/C14H30N.C6H6O5S/c1-3-4-5-6-7-9-12-15(2)13-10-8-11-14-15;7-5-1-3-6(4-2-5)11-12(8,9)10/h3-14H2,1-2H3;1-4,7H,(H,8,9,10)/q+1;/p-1. The number of likely N-dealkylation sites (tertiary alicyclic amines) is 1. The minimum atomic E-state index is -4.72. The quantitative estimate of drug-likeness (QED) is 0.290. The van der Waals surface area contributed by atoms with Crippen molar-refractivity contribution < 1.29 is 26.7 Å². The molecule has 1 aromatic carbocycles. The van der Waals surface area contributed by atoms with Crippen LogP contribution in [0.5, 0.6) is 11.5 Å². The van der Waals surface area contributed by atoms with Gasteiger partial charge in [-0.1, -0.05) is 32.6 Å². The number of nitrogens with zero attached hydrogens (tertiary/aromatic N) is 1. The molecular formula is C20H35NO5S. The number of benzene rings is 1. The van der Waals surface area contributed by atoms with Gasteiger partial charge < -0.3 is 18.3 Å². The molecule has 1 N–H and O–H groups in total. The van der Waals surface area contributed by atoms with E-state index in [9.17, 15) is 13.0 Å². The predicted molar refractivity (Wildman–Crippen MR) is 106 cm³/mol. The van der Waals surface area contributed by atoms with E-state index in [1.807, 2.05) is 0 Å². The van der Waals surface area contributed by atoms with E-state index in [-0.39, 0.29) is 11.5 Å². The van der Waals surface area contributed by atoms with Gasteiger partial charge >= 0.3 is 0 Å². The fourth-order valence-electron chi connectivity index (χ4n) is 3.39. The van der Waals surface area contributed by atoms with Gasteiger partial charge in [0, 0.05) is 0 Å². The molecule has 7 heteroatoms. The van der Waals surface area contributed by atoms with Crippen LogP contribution in [0, 0.1) is 0 Å². The second-order valence-corrected chi connectivity index (χ2v) is 8.59. The second-order valence-electron chi connectivity index (χ2n) is 7.60. The average Bonchev–Trinajstić information content (AvgIpc) is 2.60. The molecule has 0 bridgehead atoms. The number of piperidine rings is 1. The Morgan fingerprint density at radius 1 is 1.00 bits per heavy atom. The summed E-state index contributed by atoms with van der Waals surface area (Å²) in [7, 11) is -2.26. The summed E-state index contributed by atoms with van der Waals surface area (Å²) in [6.45, 7) is 6.61. The van der Waals surface area contributed by atoms with Crippen molar-refractivity contribution in [1.82, 2.24) is 0 Å². The highest BCUT2D eigenvalue weighted by atomic mass is 32.3. The van der Waals surface area contributed by atoms with Gasteiger partial charge in [-0.25, -0.2) is 8.42 Å². The molecule has 1 heterocycles. The summed E-state index contributed by atoms with van der Waals surface area (Å²) in [6, 6.07) is 4.76. The molecule has 0 aliphatic carbocycles. The lowest BCUT2D eigenvalue weighted by molar-refractivity contribution is -0.914. The molecule has 0 saturated carbocycles. The maximum atomic E-state index is 10.0.